The molecular weight excluding hydrogens is 350 g/mol. The van der Waals surface area contributed by atoms with E-state index in [1.807, 2.05) is 12.1 Å². The van der Waals surface area contributed by atoms with E-state index in [2.05, 4.69) is 48.6 Å². The maximum absolute atomic E-state index is 5.81. The lowest BCUT2D eigenvalue weighted by atomic mass is 10.2. The molecule has 0 saturated carbocycles. The van der Waals surface area contributed by atoms with Gasteiger partial charge in [-0.1, -0.05) is 38.3 Å². The van der Waals surface area contributed by atoms with Gasteiger partial charge in [-0.15, -0.1) is 0 Å². The standard InChI is InChI=1S/C24H33NO3/c1-2-3-4-5-16-26-22-12-8-20(9-13-22)18-25-21-10-14-23(15-11-21)28-19-24-7-6-17-27-24/h8-15,24-25H,2-7,16-19H2,1H3. The minimum atomic E-state index is 0.251. The van der Waals surface area contributed by atoms with E-state index in [1.54, 1.807) is 0 Å². The van der Waals surface area contributed by atoms with Gasteiger partial charge in [0.1, 0.15) is 18.1 Å². The number of benzene rings is 2. The molecule has 4 nitrogen and oxygen atoms in total. The van der Waals surface area contributed by atoms with Crippen molar-refractivity contribution in [3.05, 3.63) is 54.1 Å². The van der Waals surface area contributed by atoms with Crippen LogP contribution in [0.1, 0.15) is 51.0 Å². The Hall–Kier alpha value is -2.20. The van der Waals surface area contributed by atoms with Crippen LogP contribution in [0.5, 0.6) is 11.5 Å². The SMILES string of the molecule is CCCCCCOc1ccc(CNc2ccc(OCC3CCCO3)cc2)cc1. The Bertz CT molecular complexity index is 663. The van der Waals surface area contributed by atoms with Crippen LogP contribution in [0.2, 0.25) is 0 Å². The monoisotopic (exact) mass is 383 g/mol. The first kappa shape index (κ1) is 20.5. The van der Waals surface area contributed by atoms with Gasteiger partial charge in [0, 0.05) is 18.8 Å². The van der Waals surface area contributed by atoms with Crippen LogP contribution in [0.25, 0.3) is 0 Å². The summed E-state index contributed by atoms with van der Waals surface area (Å²) < 4.78 is 17.2. The molecule has 1 N–H and O–H groups in total. The molecule has 0 aliphatic carbocycles. The van der Waals surface area contributed by atoms with Crippen LogP contribution in [-0.4, -0.2) is 25.9 Å². The zero-order chi connectivity index (χ0) is 19.4. The van der Waals surface area contributed by atoms with Gasteiger partial charge in [-0.05, 0) is 61.2 Å². The molecule has 1 atom stereocenters. The van der Waals surface area contributed by atoms with Gasteiger partial charge in [0.2, 0.25) is 0 Å². The van der Waals surface area contributed by atoms with Crippen molar-refractivity contribution in [1.29, 1.82) is 0 Å². The lowest BCUT2D eigenvalue weighted by Gasteiger charge is -2.12. The number of nitrogens with one attached hydrogen (secondary N) is 1. The van der Waals surface area contributed by atoms with E-state index < -0.39 is 0 Å². The Morgan fingerprint density at radius 3 is 2.39 bits per heavy atom. The molecule has 2 aromatic carbocycles. The molecule has 1 unspecified atom stereocenters. The fourth-order valence-electron chi connectivity index (χ4n) is 3.26. The lowest BCUT2D eigenvalue weighted by Crippen LogP contribution is -2.16. The number of ether oxygens (including phenoxy) is 3. The summed E-state index contributed by atoms with van der Waals surface area (Å²) in [5.41, 5.74) is 2.32. The predicted octanol–water partition coefficient (Wildman–Crippen LogP) is 5.82. The third kappa shape index (κ3) is 7.08. The van der Waals surface area contributed by atoms with Crippen LogP contribution < -0.4 is 14.8 Å². The number of unbranched alkanes of at least 4 members (excludes halogenated alkanes) is 3. The molecule has 0 radical (unpaired) electrons. The van der Waals surface area contributed by atoms with E-state index in [9.17, 15) is 0 Å². The summed E-state index contributed by atoms with van der Waals surface area (Å²) in [6.45, 7) is 5.32. The van der Waals surface area contributed by atoms with Crippen LogP contribution >= 0.6 is 0 Å². The maximum atomic E-state index is 5.81. The zero-order valence-corrected chi connectivity index (χ0v) is 17.0. The average molecular weight is 384 g/mol. The summed E-state index contributed by atoms with van der Waals surface area (Å²) in [4.78, 5) is 0. The lowest BCUT2D eigenvalue weighted by molar-refractivity contribution is 0.0679. The molecule has 0 amide bonds. The van der Waals surface area contributed by atoms with Gasteiger partial charge < -0.3 is 19.5 Å². The van der Waals surface area contributed by atoms with E-state index in [4.69, 9.17) is 14.2 Å². The summed E-state index contributed by atoms with van der Waals surface area (Å²) in [5.74, 6) is 1.84. The van der Waals surface area contributed by atoms with Crippen LogP contribution in [0.4, 0.5) is 5.69 Å². The van der Waals surface area contributed by atoms with E-state index >= 15 is 0 Å². The van der Waals surface area contributed by atoms with E-state index in [0.29, 0.717) is 6.61 Å². The van der Waals surface area contributed by atoms with Crippen molar-refractivity contribution in [3.8, 4) is 11.5 Å². The molecule has 152 valence electrons. The van der Waals surface area contributed by atoms with Crippen LogP contribution in [-0.2, 0) is 11.3 Å². The first-order valence-electron chi connectivity index (χ1n) is 10.6. The van der Waals surface area contributed by atoms with Crippen molar-refractivity contribution in [3.63, 3.8) is 0 Å². The molecule has 1 aliphatic rings. The van der Waals surface area contributed by atoms with Crippen molar-refractivity contribution in [2.45, 2.75) is 58.1 Å². The Morgan fingerprint density at radius 1 is 0.929 bits per heavy atom. The Morgan fingerprint density at radius 2 is 1.68 bits per heavy atom. The highest BCUT2D eigenvalue weighted by Gasteiger charge is 2.15. The fourth-order valence-corrected chi connectivity index (χ4v) is 3.26. The minimum Gasteiger partial charge on any atom is -0.494 e. The van der Waals surface area contributed by atoms with Gasteiger partial charge in [-0.3, -0.25) is 0 Å². The molecular formula is C24H33NO3. The summed E-state index contributed by atoms with van der Waals surface area (Å²) in [6.07, 6.45) is 7.41. The first-order valence-corrected chi connectivity index (χ1v) is 10.6. The molecule has 0 bridgehead atoms. The fraction of sp³-hybridized carbons (Fsp3) is 0.500. The van der Waals surface area contributed by atoms with Gasteiger partial charge in [0.05, 0.1) is 12.7 Å². The maximum Gasteiger partial charge on any atom is 0.119 e. The number of hydrogen-bond acceptors (Lipinski definition) is 4. The Labute approximate surface area is 169 Å². The molecule has 0 aromatic heterocycles. The molecule has 0 spiro atoms. The Balaban J connectivity index is 1.36. The second-order valence-electron chi connectivity index (χ2n) is 7.38. The second-order valence-corrected chi connectivity index (χ2v) is 7.38. The minimum absolute atomic E-state index is 0.251. The van der Waals surface area contributed by atoms with E-state index in [0.717, 1.165) is 56.2 Å². The van der Waals surface area contributed by atoms with Crippen molar-refractivity contribution in [2.75, 3.05) is 25.1 Å². The van der Waals surface area contributed by atoms with Crippen molar-refractivity contribution < 1.29 is 14.2 Å². The molecule has 2 aromatic rings. The van der Waals surface area contributed by atoms with Gasteiger partial charge >= 0.3 is 0 Å². The smallest absolute Gasteiger partial charge is 0.119 e. The third-order valence-corrected chi connectivity index (χ3v) is 5.00. The number of rotatable bonds is 12. The summed E-state index contributed by atoms with van der Waals surface area (Å²) in [7, 11) is 0. The highest BCUT2D eigenvalue weighted by atomic mass is 16.5. The van der Waals surface area contributed by atoms with Crippen molar-refractivity contribution >= 4 is 5.69 Å². The molecule has 1 aliphatic heterocycles. The topological polar surface area (TPSA) is 39.7 Å². The highest BCUT2D eigenvalue weighted by molar-refractivity contribution is 5.47. The average Bonchev–Trinajstić information content (AvgIpc) is 3.26. The van der Waals surface area contributed by atoms with Crippen LogP contribution in [0, 0.1) is 0 Å². The van der Waals surface area contributed by atoms with Crippen molar-refractivity contribution in [1.82, 2.24) is 0 Å². The second kappa shape index (κ2) is 11.6. The zero-order valence-electron chi connectivity index (χ0n) is 17.0. The molecule has 3 rings (SSSR count). The van der Waals surface area contributed by atoms with Gasteiger partial charge in [0.25, 0.3) is 0 Å². The first-order chi connectivity index (χ1) is 13.8. The third-order valence-electron chi connectivity index (χ3n) is 5.00. The van der Waals surface area contributed by atoms with Gasteiger partial charge in [-0.25, -0.2) is 0 Å². The highest BCUT2D eigenvalue weighted by Crippen LogP contribution is 2.19. The normalized spacial score (nSPS) is 16.1. The summed E-state index contributed by atoms with van der Waals surface area (Å²) >= 11 is 0. The van der Waals surface area contributed by atoms with Gasteiger partial charge in [0.15, 0.2) is 0 Å². The molecule has 1 fully saturated rings. The van der Waals surface area contributed by atoms with E-state index in [-0.39, 0.29) is 6.10 Å². The van der Waals surface area contributed by atoms with Crippen LogP contribution in [0.15, 0.2) is 48.5 Å². The molecule has 28 heavy (non-hydrogen) atoms. The number of hydrogen-bond donors (Lipinski definition) is 1. The largest absolute Gasteiger partial charge is 0.494 e. The predicted molar refractivity (Wildman–Crippen MR) is 114 cm³/mol. The van der Waals surface area contributed by atoms with E-state index in [1.165, 1.54) is 24.8 Å². The molecule has 1 saturated heterocycles. The summed E-state index contributed by atoms with van der Waals surface area (Å²) in [6, 6.07) is 16.5. The molecule has 4 heteroatoms. The number of anilines is 1. The Kier molecular flexibility index (Phi) is 8.51. The van der Waals surface area contributed by atoms with Crippen molar-refractivity contribution in [2.24, 2.45) is 0 Å². The van der Waals surface area contributed by atoms with Crippen LogP contribution in [0.3, 0.4) is 0 Å². The summed E-state index contributed by atoms with van der Waals surface area (Å²) in [5, 5.41) is 3.45. The molecule has 1 heterocycles. The van der Waals surface area contributed by atoms with Gasteiger partial charge in [-0.2, -0.15) is 0 Å². The quantitative estimate of drug-likeness (QED) is 0.469.